The average molecular weight is 371 g/mol. The predicted octanol–water partition coefficient (Wildman–Crippen LogP) is 4.28. The summed E-state index contributed by atoms with van der Waals surface area (Å²) in [5.74, 6) is 1.33. The van der Waals surface area contributed by atoms with Crippen molar-refractivity contribution in [3.8, 4) is 0 Å². The summed E-state index contributed by atoms with van der Waals surface area (Å²) in [5.41, 5.74) is 1.91. The Balaban J connectivity index is 1.50. The minimum atomic E-state index is 0.0833. The fraction of sp³-hybridized carbons (Fsp3) is 0.652. The first-order chi connectivity index (χ1) is 13.1. The van der Waals surface area contributed by atoms with Crippen LogP contribution in [-0.2, 0) is 4.79 Å². The number of piperidine rings is 1. The van der Waals surface area contributed by atoms with E-state index in [9.17, 15) is 9.59 Å². The van der Waals surface area contributed by atoms with Gasteiger partial charge >= 0.3 is 0 Å². The van der Waals surface area contributed by atoms with Crippen molar-refractivity contribution in [1.29, 1.82) is 0 Å². The molecule has 3 rings (SSSR count). The molecule has 0 N–H and O–H groups in total. The Bertz CT molecular complexity index is 628. The molecular formula is C23H34N2O2. The first-order valence-electron chi connectivity index (χ1n) is 10.7. The third kappa shape index (κ3) is 5.12. The number of aryl methyl sites for hydroxylation is 1. The summed E-state index contributed by atoms with van der Waals surface area (Å²) in [6, 6.07) is 7.76. The van der Waals surface area contributed by atoms with Crippen molar-refractivity contribution >= 4 is 11.8 Å². The van der Waals surface area contributed by atoms with E-state index >= 15 is 0 Å². The second-order valence-corrected chi connectivity index (χ2v) is 8.34. The lowest BCUT2D eigenvalue weighted by Crippen LogP contribution is -2.45. The van der Waals surface area contributed by atoms with Crippen LogP contribution in [0.4, 0.5) is 0 Å². The summed E-state index contributed by atoms with van der Waals surface area (Å²) in [7, 11) is 0. The highest BCUT2D eigenvalue weighted by molar-refractivity contribution is 5.94. The summed E-state index contributed by atoms with van der Waals surface area (Å²) in [5, 5.41) is 0. The first-order valence-corrected chi connectivity index (χ1v) is 10.7. The molecule has 1 aromatic carbocycles. The predicted molar refractivity (Wildman–Crippen MR) is 109 cm³/mol. The van der Waals surface area contributed by atoms with Gasteiger partial charge in [0.25, 0.3) is 5.91 Å². The SMILES string of the molecule is CCCN(CCC1CCC1)C(=O)C1CCN(C(=O)c2ccc(C)cc2)CC1. The van der Waals surface area contributed by atoms with Gasteiger partial charge in [-0.25, -0.2) is 0 Å². The molecule has 0 radical (unpaired) electrons. The molecule has 0 atom stereocenters. The topological polar surface area (TPSA) is 40.6 Å². The van der Waals surface area contributed by atoms with Crippen molar-refractivity contribution in [2.75, 3.05) is 26.2 Å². The van der Waals surface area contributed by atoms with Gasteiger partial charge in [0.15, 0.2) is 0 Å². The van der Waals surface area contributed by atoms with Crippen LogP contribution in [0.5, 0.6) is 0 Å². The molecule has 4 heteroatoms. The van der Waals surface area contributed by atoms with E-state index in [-0.39, 0.29) is 11.8 Å². The lowest BCUT2D eigenvalue weighted by Gasteiger charge is -2.35. The summed E-state index contributed by atoms with van der Waals surface area (Å²) in [4.78, 5) is 29.7. The third-order valence-corrected chi connectivity index (χ3v) is 6.27. The van der Waals surface area contributed by atoms with Gasteiger partial charge in [-0.15, -0.1) is 0 Å². The van der Waals surface area contributed by atoms with Crippen molar-refractivity contribution in [2.45, 2.75) is 58.8 Å². The van der Waals surface area contributed by atoms with E-state index in [4.69, 9.17) is 0 Å². The molecule has 0 unspecified atom stereocenters. The molecule has 1 aliphatic carbocycles. The summed E-state index contributed by atoms with van der Waals surface area (Å²) in [6.45, 7) is 7.33. The number of rotatable bonds is 7. The Kier molecular flexibility index (Phi) is 6.92. The molecule has 1 aromatic rings. The number of amides is 2. The zero-order chi connectivity index (χ0) is 19.2. The molecule has 1 saturated heterocycles. The van der Waals surface area contributed by atoms with Crippen molar-refractivity contribution < 1.29 is 9.59 Å². The van der Waals surface area contributed by atoms with Crippen molar-refractivity contribution in [2.24, 2.45) is 11.8 Å². The highest BCUT2D eigenvalue weighted by Gasteiger charge is 2.30. The Morgan fingerprint density at radius 2 is 1.70 bits per heavy atom. The van der Waals surface area contributed by atoms with Gasteiger partial charge in [0.2, 0.25) is 5.91 Å². The quantitative estimate of drug-likeness (QED) is 0.719. The molecule has 0 bridgehead atoms. The van der Waals surface area contributed by atoms with Crippen LogP contribution in [0.1, 0.15) is 67.8 Å². The van der Waals surface area contributed by atoms with Crippen LogP contribution < -0.4 is 0 Å². The molecule has 1 saturated carbocycles. The fourth-order valence-corrected chi connectivity index (χ4v) is 4.19. The Labute approximate surface area is 163 Å². The number of carbonyl (C=O) groups is 2. The fourth-order valence-electron chi connectivity index (χ4n) is 4.19. The minimum Gasteiger partial charge on any atom is -0.342 e. The van der Waals surface area contributed by atoms with Gasteiger partial charge < -0.3 is 9.80 Å². The van der Waals surface area contributed by atoms with E-state index in [2.05, 4.69) is 11.8 Å². The van der Waals surface area contributed by atoms with Crippen LogP contribution in [0.25, 0.3) is 0 Å². The van der Waals surface area contributed by atoms with Crippen LogP contribution in [0.15, 0.2) is 24.3 Å². The lowest BCUT2D eigenvalue weighted by molar-refractivity contribution is -0.137. The normalized spacial score (nSPS) is 18.2. The molecular weight excluding hydrogens is 336 g/mol. The van der Waals surface area contributed by atoms with Gasteiger partial charge in [0.1, 0.15) is 0 Å². The molecule has 0 aromatic heterocycles. The van der Waals surface area contributed by atoms with Crippen LogP contribution in [0.2, 0.25) is 0 Å². The number of likely N-dealkylation sites (tertiary alicyclic amines) is 1. The van der Waals surface area contributed by atoms with Crippen molar-refractivity contribution in [3.05, 3.63) is 35.4 Å². The Morgan fingerprint density at radius 1 is 1.04 bits per heavy atom. The van der Waals surface area contributed by atoms with E-state index in [1.54, 1.807) is 0 Å². The molecule has 2 aliphatic rings. The molecule has 1 aliphatic heterocycles. The van der Waals surface area contributed by atoms with Gasteiger partial charge in [-0.3, -0.25) is 9.59 Å². The van der Waals surface area contributed by atoms with Gasteiger partial charge in [0.05, 0.1) is 0 Å². The van der Waals surface area contributed by atoms with E-state index in [0.29, 0.717) is 19.0 Å². The molecule has 2 amide bonds. The zero-order valence-corrected chi connectivity index (χ0v) is 17.0. The largest absolute Gasteiger partial charge is 0.342 e. The highest BCUT2D eigenvalue weighted by atomic mass is 16.2. The van der Waals surface area contributed by atoms with Crippen LogP contribution >= 0.6 is 0 Å². The molecule has 0 spiro atoms. The second kappa shape index (κ2) is 9.38. The number of hydrogen-bond donors (Lipinski definition) is 0. The maximum absolute atomic E-state index is 13.0. The number of benzene rings is 1. The molecule has 2 fully saturated rings. The van der Waals surface area contributed by atoms with Crippen LogP contribution in [0.3, 0.4) is 0 Å². The van der Waals surface area contributed by atoms with Crippen molar-refractivity contribution in [1.82, 2.24) is 9.80 Å². The van der Waals surface area contributed by atoms with E-state index < -0.39 is 0 Å². The minimum absolute atomic E-state index is 0.0833. The maximum atomic E-state index is 13.0. The summed E-state index contributed by atoms with van der Waals surface area (Å²) >= 11 is 0. The smallest absolute Gasteiger partial charge is 0.253 e. The number of nitrogens with zero attached hydrogens (tertiary/aromatic N) is 2. The maximum Gasteiger partial charge on any atom is 0.253 e. The molecule has 1 heterocycles. The van der Waals surface area contributed by atoms with Gasteiger partial charge in [0, 0.05) is 37.7 Å². The monoisotopic (exact) mass is 370 g/mol. The van der Waals surface area contributed by atoms with E-state index in [0.717, 1.165) is 55.8 Å². The Morgan fingerprint density at radius 3 is 2.26 bits per heavy atom. The average Bonchev–Trinajstić information content (AvgIpc) is 2.65. The third-order valence-electron chi connectivity index (χ3n) is 6.27. The van der Waals surface area contributed by atoms with Gasteiger partial charge in [-0.05, 0) is 50.7 Å². The second-order valence-electron chi connectivity index (χ2n) is 8.34. The van der Waals surface area contributed by atoms with Gasteiger partial charge in [-0.2, -0.15) is 0 Å². The molecule has 148 valence electrons. The lowest BCUT2D eigenvalue weighted by atomic mass is 9.83. The summed E-state index contributed by atoms with van der Waals surface area (Å²) < 4.78 is 0. The number of carbonyl (C=O) groups excluding carboxylic acids is 2. The molecule has 4 nitrogen and oxygen atoms in total. The van der Waals surface area contributed by atoms with Crippen LogP contribution in [0, 0.1) is 18.8 Å². The summed E-state index contributed by atoms with van der Waals surface area (Å²) in [6.07, 6.45) is 7.80. The van der Waals surface area contributed by atoms with Gasteiger partial charge in [-0.1, -0.05) is 43.9 Å². The van der Waals surface area contributed by atoms with E-state index in [1.807, 2.05) is 36.1 Å². The zero-order valence-electron chi connectivity index (χ0n) is 17.0. The highest BCUT2D eigenvalue weighted by Crippen LogP contribution is 2.30. The number of hydrogen-bond acceptors (Lipinski definition) is 2. The first kappa shape index (κ1) is 19.9. The van der Waals surface area contributed by atoms with Crippen molar-refractivity contribution in [3.63, 3.8) is 0 Å². The molecule has 27 heavy (non-hydrogen) atoms. The van der Waals surface area contributed by atoms with E-state index in [1.165, 1.54) is 19.3 Å². The van der Waals surface area contributed by atoms with Crippen LogP contribution in [-0.4, -0.2) is 47.8 Å². The standard InChI is InChI=1S/C23H34N2O2/c1-3-14-24(15-11-19-5-4-6-19)23(27)21-12-16-25(17-13-21)22(26)20-9-7-18(2)8-10-20/h7-10,19,21H,3-6,11-17H2,1-2H3. The Hall–Kier alpha value is -1.84.